The molecular formula is C17H12F5NO3. The zero-order chi connectivity index (χ0) is 19.5. The van der Waals surface area contributed by atoms with Gasteiger partial charge in [-0.15, -0.1) is 0 Å². The van der Waals surface area contributed by atoms with Gasteiger partial charge >= 0.3 is 11.9 Å². The zero-order valence-corrected chi connectivity index (χ0v) is 13.3. The van der Waals surface area contributed by atoms with Gasteiger partial charge in [0, 0.05) is 17.3 Å². The van der Waals surface area contributed by atoms with Crippen molar-refractivity contribution in [1.29, 1.82) is 0 Å². The van der Waals surface area contributed by atoms with Crippen LogP contribution in [0.5, 0.6) is 0 Å². The highest BCUT2D eigenvalue weighted by Gasteiger charge is 2.45. The molecule has 0 fully saturated rings. The number of rotatable bonds is 5. The number of ether oxygens (including phenoxy) is 1. The van der Waals surface area contributed by atoms with E-state index in [-0.39, 0.29) is 12.3 Å². The van der Waals surface area contributed by atoms with Crippen LogP contribution in [-0.4, -0.2) is 18.5 Å². The summed E-state index contributed by atoms with van der Waals surface area (Å²) in [5.74, 6) is -11.0. The number of nitrogens with one attached hydrogen (secondary N) is 1. The van der Waals surface area contributed by atoms with Gasteiger partial charge in [-0.1, -0.05) is 0 Å². The van der Waals surface area contributed by atoms with E-state index in [1.807, 2.05) is 0 Å². The summed E-state index contributed by atoms with van der Waals surface area (Å²) >= 11 is 0. The molecule has 0 saturated carbocycles. The maximum atomic E-state index is 14.0. The van der Waals surface area contributed by atoms with Crippen LogP contribution in [0.1, 0.15) is 22.8 Å². The second kappa shape index (κ2) is 7.51. The number of hydrogen-bond donors (Lipinski definition) is 1. The Balaban J connectivity index is 2.31. The molecule has 0 heterocycles. The molecule has 1 amide bonds. The number of anilines is 1. The maximum Gasteiger partial charge on any atom is 0.382 e. The van der Waals surface area contributed by atoms with E-state index < -0.39 is 46.4 Å². The average molecular weight is 373 g/mol. The fourth-order valence-corrected chi connectivity index (χ4v) is 2.02. The van der Waals surface area contributed by atoms with Gasteiger partial charge in [0.2, 0.25) is 0 Å². The van der Waals surface area contributed by atoms with E-state index in [0.717, 1.165) is 18.2 Å². The molecular weight excluding hydrogens is 361 g/mol. The SMILES string of the molecule is CCOC(=O)C(F)(F)c1cc(C(=O)Nc2ccc(F)c(F)c2)ccc1F. The minimum absolute atomic E-state index is 0.142. The van der Waals surface area contributed by atoms with Crippen molar-refractivity contribution in [2.24, 2.45) is 0 Å². The third-order valence-electron chi connectivity index (χ3n) is 3.28. The van der Waals surface area contributed by atoms with Gasteiger partial charge in [-0.2, -0.15) is 8.78 Å². The highest BCUT2D eigenvalue weighted by atomic mass is 19.3. The van der Waals surface area contributed by atoms with E-state index in [1.54, 1.807) is 0 Å². The summed E-state index contributed by atoms with van der Waals surface area (Å²) < 4.78 is 72.0. The van der Waals surface area contributed by atoms with Crippen molar-refractivity contribution in [3.63, 3.8) is 0 Å². The first kappa shape index (κ1) is 19.4. The predicted molar refractivity (Wildman–Crippen MR) is 81.2 cm³/mol. The van der Waals surface area contributed by atoms with Crippen LogP contribution in [0.25, 0.3) is 0 Å². The first-order chi connectivity index (χ1) is 12.2. The molecule has 9 heteroatoms. The summed E-state index contributed by atoms with van der Waals surface area (Å²) in [5, 5.41) is 2.15. The quantitative estimate of drug-likeness (QED) is 0.637. The molecule has 1 N–H and O–H groups in total. The van der Waals surface area contributed by atoms with Crippen molar-refractivity contribution >= 4 is 17.6 Å². The molecule has 0 unspecified atom stereocenters. The fourth-order valence-electron chi connectivity index (χ4n) is 2.02. The van der Waals surface area contributed by atoms with Crippen molar-refractivity contribution in [3.05, 3.63) is 65.0 Å². The van der Waals surface area contributed by atoms with E-state index in [2.05, 4.69) is 10.1 Å². The van der Waals surface area contributed by atoms with Gasteiger partial charge in [0.05, 0.1) is 12.2 Å². The lowest BCUT2D eigenvalue weighted by atomic mass is 10.0. The van der Waals surface area contributed by atoms with Crippen molar-refractivity contribution in [3.8, 4) is 0 Å². The standard InChI is InChI=1S/C17H12F5NO3/c1-2-26-16(25)17(21,22)11-7-9(3-5-12(11)18)15(24)23-10-4-6-13(19)14(20)8-10/h3-8H,2H2,1H3,(H,23,24). The molecule has 138 valence electrons. The van der Waals surface area contributed by atoms with Crippen LogP contribution in [0.4, 0.5) is 27.6 Å². The summed E-state index contributed by atoms with van der Waals surface area (Å²) in [6.45, 7) is 0.961. The average Bonchev–Trinajstić information content (AvgIpc) is 2.58. The highest BCUT2D eigenvalue weighted by Crippen LogP contribution is 2.32. The Morgan fingerprint density at radius 3 is 2.27 bits per heavy atom. The van der Waals surface area contributed by atoms with Crippen LogP contribution in [0.15, 0.2) is 36.4 Å². The minimum atomic E-state index is -4.31. The number of benzene rings is 2. The van der Waals surface area contributed by atoms with Crippen LogP contribution in [0.3, 0.4) is 0 Å². The van der Waals surface area contributed by atoms with Crippen LogP contribution in [0.2, 0.25) is 0 Å². The van der Waals surface area contributed by atoms with E-state index in [0.29, 0.717) is 18.2 Å². The summed E-state index contributed by atoms with van der Waals surface area (Å²) in [4.78, 5) is 23.4. The second-order valence-corrected chi connectivity index (χ2v) is 5.07. The number of halogens is 5. The first-order valence-corrected chi connectivity index (χ1v) is 7.28. The zero-order valence-electron chi connectivity index (χ0n) is 13.3. The monoisotopic (exact) mass is 373 g/mol. The third kappa shape index (κ3) is 3.98. The lowest BCUT2D eigenvalue weighted by molar-refractivity contribution is -0.173. The van der Waals surface area contributed by atoms with Gasteiger partial charge in [0.1, 0.15) is 5.82 Å². The molecule has 0 bridgehead atoms. The van der Waals surface area contributed by atoms with Gasteiger partial charge in [0.25, 0.3) is 5.91 Å². The van der Waals surface area contributed by atoms with Gasteiger partial charge < -0.3 is 10.1 Å². The maximum absolute atomic E-state index is 14.0. The van der Waals surface area contributed by atoms with Crippen LogP contribution in [0, 0.1) is 17.5 Å². The van der Waals surface area contributed by atoms with Gasteiger partial charge in [-0.3, -0.25) is 4.79 Å². The number of carbonyl (C=O) groups excluding carboxylic acids is 2. The third-order valence-corrected chi connectivity index (χ3v) is 3.28. The Morgan fingerprint density at radius 2 is 1.65 bits per heavy atom. The smallest absolute Gasteiger partial charge is 0.382 e. The van der Waals surface area contributed by atoms with E-state index in [9.17, 15) is 31.5 Å². The molecule has 0 aliphatic rings. The van der Waals surface area contributed by atoms with E-state index in [4.69, 9.17) is 0 Å². The number of amides is 1. The molecule has 0 aliphatic carbocycles. The van der Waals surface area contributed by atoms with E-state index >= 15 is 0 Å². The largest absolute Gasteiger partial charge is 0.461 e. The summed E-state index contributed by atoms with van der Waals surface area (Å²) in [6, 6.07) is 4.47. The molecule has 0 radical (unpaired) electrons. The van der Waals surface area contributed by atoms with Gasteiger partial charge in [-0.05, 0) is 37.3 Å². The summed E-state index contributed by atoms with van der Waals surface area (Å²) in [6.07, 6.45) is 0. The number of alkyl halides is 2. The van der Waals surface area contributed by atoms with Crippen molar-refractivity contribution in [1.82, 2.24) is 0 Å². The molecule has 0 atom stereocenters. The number of hydrogen-bond acceptors (Lipinski definition) is 3. The molecule has 0 saturated heterocycles. The first-order valence-electron chi connectivity index (χ1n) is 7.28. The van der Waals surface area contributed by atoms with Crippen molar-refractivity contribution in [2.75, 3.05) is 11.9 Å². The summed E-state index contributed by atoms with van der Waals surface area (Å²) in [5.41, 5.74) is -1.90. The molecule has 4 nitrogen and oxygen atoms in total. The highest BCUT2D eigenvalue weighted by molar-refractivity contribution is 6.04. The van der Waals surface area contributed by atoms with Gasteiger partial charge in [-0.25, -0.2) is 18.0 Å². The molecule has 26 heavy (non-hydrogen) atoms. The normalized spacial score (nSPS) is 11.2. The van der Waals surface area contributed by atoms with E-state index in [1.165, 1.54) is 6.92 Å². The predicted octanol–water partition coefficient (Wildman–Crippen LogP) is 4.01. The molecule has 2 rings (SSSR count). The molecule has 0 spiro atoms. The Labute approximate surface area is 144 Å². The number of esters is 1. The fraction of sp³-hybridized carbons (Fsp3) is 0.176. The van der Waals surface area contributed by atoms with Crippen LogP contribution < -0.4 is 5.32 Å². The topological polar surface area (TPSA) is 55.4 Å². The van der Waals surface area contributed by atoms with Gasteiger partial charge in [0.15, 0.2) is 11.6 Å². The minimum Gasteiger partial charge on any atom is -0.461 e. The van der Waals surface area contributed by atoms with Crippen molar-refractivity contribution in [2.45, 2.75) is 12.8 Å². The molecule has 2 aromatic carbocycles. The Kier molecular flexibility index (Phi) is 5.59. The lowest BCUT2D eigenvalue weighted by Crippen LogP contribution is -2.30. The molecule has 0 aliphatic heterocycles. The van der Waals surface area contributed by atoms with Crippen LogP contribution in [-0.2, 0) is 15.5 Å². The summed E-state index contributed by atoms with van der Waals surface area (Å²) in [7, 11) is 0. The molecule has 0 aromatic heterocycles. The molecule has 2 aromatic rings. The van der Waals surface area contributed by atoms with Crippen molar-refractivity contribution < 1.29 is 36.3 Å². The van der Waals surface area contributed by atoms with Crippen LogP contribution >= 0.6 is 0 Å². The number of carbonyl (C=O) groups is 2. The Morgan fingerprint density at radius 1 is 1.00 bits per heavy atom. The second-order valence-electron chi connectivity index (χ2n) is 5.07. The lowest BCUT2D eigenvalue weighted by Gasteiger charge is -2.16. The Hall–Kier alpha value is -2.97. The Bertz CT molecular complexity index is 854.